The summed E-state index contributed by atoms with van der Waals surface area (Å²) in [6.45, 7) is 1.64. The van der Waals surface area contributed by atoms with Crippen LogP contribution >= 0.6 is 0 Å². The number of aromatic hydroxyl groups is 1. The summed E-state index contributed by atoms with van der Waals surface area (Å²) >= 11 is 0. The van der Waals surface area contributed by atoms with E-state index in [9.17, 15) is 30.0 Å². The monoisotopic (exact) mass is 833 g/mol. The number of nitrogens with one attached hydrogen (secondary N) is 2. The molecule has 0 amide bonds. The zero-order valence-corrected chi connectivity index (χ0v) is 35.9. The van der Waals surface area contributed by atoms with E-state index in [-0.39, 0.29) is 42.4 Å². The van der Waals surface area contributed by atoms with Crippen LogP contribution in [0.2, 0.25) is 0 Å². The zero-order valence-electron chi connectivity index (χ0n) is 35.9. The Balaban J connectivity index is 1.09. The van der Waals surface area contributed by atoms with Crippen LogP contribution in [0, 0.1) is 46.8 Å². The van der Waals surface area contributed by atoms with Crippen molar-refractivity contribution in [2.45, 2.75) is 120 Å². The highest BCUT2D eigenvalue weighted by atomic mass is 16.5. The molecule has 10 nitrogen and oxygen atoms in total. The Kier molecular flexibility index (Phi) is 15.1. The summed E-state index contributed by atoms with van der Waals surface area (Å²) in [6, 6.07) is 13.9. The largest absolute Gasteiger partial charge is 0.504 e. The number of methoxy groups -OCH3 is 1. The first kappa shape index (κ1) is 44.6. The normalized spacial score (nSPS) is 29.3. The molecule has 3 fully saturated rings. The van der Waals surface area contributed by atoms with E-state index in [4.69, 9.17) is 10.5 Å². The molecule has 8 N–H and O–H groups in total. The minimum absolute atomic E-state index is 0.000762. The van der Waals surface area contributed by atoms with Crippen LogP contribution < -0.4 is 21.1 Å². The van der Waals surface area contributed by atoms with Crippen molar-refractivity contribution in [2.75, 3.05) is 26.8 Å². The number of carbonyl (C=O) groups is 2. The Hall–Kier alpha value is -4.40. The molecule has 2 saturated carbocycles. The number of aliphatic hydroxyl groups excluding tert-OH is 3. The molecule has 5 aliphatic rings. The third kappa shape index (κ3) is 11.0. The maximum Gasteiger partial charge on any atom is 0.160 e. The molecule has 7 rings (SSSR count). The van der Waals surface area contributed by atoms with E-state index in [0.29, 0.717) is 93.0 Å². The van der Waals surface area contributed by atoms with Gasteiger partial charge in [0.05, 0.1) is 25.1 Å². The van der Waals surface area contributed by atoms with Crippen molar-refractivity contribution in [1.29, 1.82) is 0 Å². The summed E-state index contributed by atoms with van der Waals surface area (Å²) < 4.78 is 5.50. The molecule has 3 aliphatic carbocycles. The standard InChI is InChI=1S/C51H67N3O7/c1-61-47-28-39-13-16-48(59)51(20-17-34(25-49(51)60)24-36(8-5-23-55)41-26-40-12-15-43(57)30-45(40)54-32-41)21-18-35(44(39)31-46(47)58)11-14-42(56)27-37(38-19-22-53-50(52)29-38)10-9-33-6-3-2-4-7-33/h2-4,6-7,9-10,19,28-29,31,34-37,40-42,45,49,53-56,58,60H,5,8,11-17,20,22-27,30,32,52H2,1H3/b10-9+/t34-,35+,36+,37+,40-,41+,42+,45-,49-,51+/m1/s1. The molecule has 2 aromatic carbocycles. The van der Waals surface area contributed by atoms with Gasteiger partial charge in [0.15, 0.2) is 17.3 Å². The highest BCUT2D eigenvalue weighted by molar-refractivity contribution is 5.89. The summed E-state index contributed by atoms with van der Waals surface area (Å²) in [5.41, 5.74) is 8.78. The fraction of sp³-hybridized carbons (Fsp3) is 0.569. The summed E-state index contributed by atoms with van der Waals surface area (Å²) in [4.78, 5) is 26.5. The molecule has 328 valence electrons. The second-order valence-electron chi connectivity index (χ2n) is 18.5. The highest BCUT2D eigenvalue weighted by Crippen LogP contribution is 2.47. The molecule has 10 heteroatoms. The summed E-state index contributed by atoms with van der Waals surface area (Å²) in [6.07, 6.45) is 16.3. The Bertz CT molecular complexity index is 2000. The van der Waals surface area contributed by atoms with Gasteiger partial charge in [-0.15, -0.1) is 0 Å². The second-order valence-corrected chi connectivity index (χ2v) is 18.5. The van der Waals surface area contributed by atoms with Gasteiger partial charge in [-0.25, -0.2) is 0 Å². The number of fused-ring (bicyclic) bond motifs is 2. The number of hydrogen-bond acceptors (Lipinski definition) is 10. The first-order valence-corrected chi connectivity index (χ1v) is 22.9. The average Bonchev–Trinajstić information content (AvgIpc) is 3.31. The molecule has 2 aliphatic heterocycles. The van der Waals surface area contributed by atoms with E-state index in [1.54, 1.807) is 12.1 Å². The van der Waals surface area contributed by atoms with E-state index in [1.807, 2.05) is 36.4 Å². The van der Waals surface area contributed by atoms with E-state index in [2.05, 4.69) is 40.7 Å². The van der Waals surface area contributed by atoms with Gasteiger partial charge in [-0.2, -0.15) is 0 Å². The predicted molar refractivity (Wildman–Crippen MR) is 238 cm³/mol. The lowest BCUT2D eigenvalue weighted by molar-refractivity contribution is -0.134. The predicted octanol–water partition coefficient (Wildman–Crippen LogP) is 6.47. The SMILES string of the molecule is COc1cc2c(cc1O)[C@@H](CC[C@H](O)C[C@H](/C=C/c1ccccc1)C1=CCNC(N)=C1)C#C[C@@]1(CC[C@H](C[C@H](CCCO)[C@@H]3CN[C@@H]4CC(=O)CC[C@@H]4C3)C[C@H]1O)C(=O)CC2. The van der Waals surface area contributed by atoms with Gasteiger partial charge in [0.1, 0.15) is 11.2 Å². The van der Waals surface area contributed by atoms with Gasteiger partial charge in [-0.1, -0.05) is 60.4 Å². The summed E-state index contributed by atoms with van der Waals surface area (Å²) in [5.74, 6) is 9.21. The van der Waals surface area contributed by atoms with Crippen LogP contribution in [0.25, 0.3) is 6.08 Å². The molecule has 0 aromatic heterocycles. The lowest BCUT2D eigenvalue weighted by atomic mass is 9.63. The van der Waals surface area contributed by atoms with E-state index >= 15 is 0 Å². The van der Waals surface area contributed by atoms with Crippen LogP contribution in [-0.2, 0) is 16.0 Å². The number of ether oxygens (including phenoxy) is 1. The number of ketones is 2. The Morgan fingerprint density at radius 1 is 1.08 bits per heavy atom. The molecule has 2 aromatic rings. The first-order chi connectivity index (χ1) is 29.5. The van der Waals surface area contributed by atoms with Gasteiger partial charge in [0.25, 0.3) is 0 Å². The van der Waals surface area contributed by atoms with Gasteiger partial charge in [0, 0.05) is 50.3 Å². The number of phenolic OH excluding ortho intramolecular Hbond substituents is 1. The third-order valence-electron chi connectivity index (χ3n) is 14.6. The Morgan fingerprint density at radius 3 is 2.69 bits per heavy atom. The van der Waals surface area contributed by atoms with Gasteiger partial charge in [0.2, 0.25) is 0 Å². The molecular formula is C51H67N3O7. The summed E-state index contributed by atoms with van der Waals surface area (Å²) in [7, 11) is 1.51. The summed E-state index contributed by atoms with van der Waals surface area (Å²) in [5, 5.41) is 51.4. The molecule has 0 unspecified atom stereocenters. The van der Waals surface area contributed by atoms with Crippen LogP contribution in [0.15, 0.2) is 72.1 Å². The van der Waals surface area contributed by atoms with Gasteiger partial charge >= 0.3 is 0 Å². The topological polar surface area (TPSA) is 174 Å². The van der Waals surface area contributed by atoms with Crippen LogP contribution in [0.1, 0.15) is 112 Å². The van der Waals surface area contributed by atoms with Crippen LogP contribution in [-0.4, -0.2) is 77.0 Å². The number of aryl methyl sites for hydroxylation is 1. The molecule has 0 bridgehead atoms. The van der Waals surface area contributed by atoms with Crippen molar-refractivity contribution >= 4 is 17.6 Å². The zero-order chi connectivity index (χ0) is 42.9. The van der Waals surface area contributed by atoms with Gasteiger partial charge < -0.3 is 41.5 Å². The molecule has 61 heavy (non-hydrogen) atoms. The first-order valence-electron chi connectivity index (χ1n) is 22.9. The molecule has 0 radical (unpaired) electrons. The Labute approximate surface area is 362 Å². The minimum atomic E-state index is -1.20. The minimum Gasteiger partial charge on any atom is -0.504 e. The van der Waals surface area contributed by atoms with Crippen molar-refractivity contribution in [1.82, 2.24) is 10.6 Å². The maximum absolute atomic E-state index is 14.4. The third-order valence-corrected chi connectivity index (χ3v) is 14.6. The van der Waals surface area contributed by atoms with Crippen molar-refractivity contribution < 1.29 is 34.8 Å². The smallest absolute Gasteiger partial charge is 0.160 e. The molecule has 10 atom stereocenters. The number of dihydropyridines is 1. The van der Waals surface area contributed by atoms with E-state index in [1.165, 1.54) is 7.11 Å². The Morgan fingerprint density at radius 2 is 1.92 bits per heavy atom. The number of Topliss-reactive ketones (excluding diaryl/α,β-unsaturated/α-hetero) is 2. The van der Waals surface area contributed by atoms with Crippen molar-refractivity contribution in [3.8, 4) is 23.3 Å². The quantitative estimate of drug-likeness (QED) is 0.0987. The lowest BCUT2D eigenvalue weighted by Crippen LogP contribution is -2.50. The number of aliphatic hydroxyl groups is 3. The second kappa shape index (κ2) is 20.6. The number of phenols is 1. The van der Waals surface area contributed by atoms with Gasteiger partial charge in [-0.3, -0.25) is 9.59 Å². The number of rotatable bonds is 15. The van der Waals surface area contributed by atoms with Gasteiger partial charge in [-0.05, 0) is 148 Å². The molecule has 1 saturated heterocycles. The molecular weight excluding hydrogens is 767 g/mol. The molecule has 2 heterocycles. The average molecular weight is 834 g/mol. The number of benzene rings is 2. The molecule has 1 spiro atoms. The van der Waals surface area contributed by atoms with Crippen molar-refractivity contribution in [2.24, 2.45) is 40.7 Å². The number of carbonyl (C=O) groups excluding carboxylic acids is 2. The maximum atomic E-state index is 14.4. The van der Waals surface area contributed by atoms with E-state index in [0.717, 1.165) is 67.3 Å². The van der Waals surface area contributed by atoms with Crippen molar-refractivity contribution in [3.63, 3.8) is 0 Å². The number of piperidine rings is 1. The fourth-order valence-electron chi connectivity index (χ4n) is 11.1. The fourth-order valence-corrected chi connectivity index (χ4v) is 11.1. The van der Waals surface area contributed by atoms with Crippen molar-refractivity contribution in [3.05, 3.63) is 88.8 Å². The number of hydrogen-bond donors (Lipinski definition) is 7. The van der Waals surface area contributed by atoms with Crippen LogP contribution in [0.5, 0.6) is 11.5 Å². The van der Waals surface area contributed by atoms with Crippen LogP contribution in [0.3, 0.4) is 0 Å². The number of nitrogens with two attached hydrogens (primary N) is 1. The van der Waals surface area contributed by atoms with Crippen LogP contribution in [0.4, 0.5) is 0 Å². The number of allylic oxidation sites excluding steroid dienone is 3. The van der Waals surface area contributed by atoms with E-state index < -0.39 is 23.5 Å². The highest BCUT2D eigenvalue weighted by Gasteiger charge is 2.48. The lowest BCUT2D eigenvalue weighted by Gasteiger charge is -2.44.